The van der Waals surface area contributed by atoms with Gasteiger partial charge >= 0.3 is 6.03 Å². The molecule has 0 atom stereocenters. The molecule has 2 N–H and O–H groups in total. The van der Waals surface area contributed by atoms with Crippen molar-refractivity contribution < 1.29 is 14.0 Å². The topological polar surface area (TPSA) is 61.4 Å². The van der Waals surface area contributed by atoms with Crippen LogP contribution in [0.1, 0.15) is 5.56 Å². The second-order valence-electron chi connectivity index (χ2n) is 4.45. The summed E-state index contributed by atoms with van der Waals surface area (Å²) in [5, 5.41) is 5.64. The molecular formula is C13H15ClFN3O2. The monoisotopic (exact) mass is 299 g/mol. The number of nitrogens with zero attached hydrogens (tertiary/aromatic N) is 1. The van der Waals surface area contributed by atoms with E-state index in [0.717, 1.165) is 0 Å². The molecule has 0 saturated carbocycles. The van der Waals surface area contributed by atoms with Crippen LogP contribution in [-0.2, 0) is 11.2 Å². The molecule has 1 aliphatic rings. The van der Waals surface area contributed by atoms with Crippen molar-refractivity contribution in [1.82, 2.24) is 15.5 Å². The van der Waals surface area contributed by atoms with E-state index in [-0.39, 0.29) is 30.8 Å². The summed E-state index contributed by atoms with van der Waals surface area (Å²) in [6, 6.07) is 4.15. The molecule has 1 heterocycles. The normalized spacial score (nSPS) is 14.9. The van der Waals surface area contributed by atoms with Gasteiger partial charge in [0.15, 0.2) is 0 Å². The maximum atomic E-state index is 13.5. The standard InChI is InChI=1S/C13H15ClFN3O2/c14-10-2-1-3-11(15)9(10)4-5-17-13(20)18-7-6-16-12(19)8-18/h1-3H,4-8H2,(H,16,19)(H,17,20). The number of carbonyl (C=O) groups excluding carboxylic acids is 2. The predicted molar refractivity (Wildman–Crippen MR) is 73.1 cm³/mol. The Kier molecular flexibility index (Phi) is 4.79. The van der Waals surface area contributed by atoms with Gasteiger partial charge in [0.1, 0.15) is 12.4 Å². The average molecular weight is 300 g/mol. The lowest BCUT2D eigenvalue weighted by Gasteiger charge is -2.26. The van der Waals surface area contributed by atoms with Gasteiger partial charge in [-0.2, -0.15) is 0 Å². The predicted octanol–water partition coefficient (Wildman–Crippen LogP) is 1.16. The van der Waals surface area contributed by atoms with E-state index >= 15 is 0 Å². The van der Waals surface area contributed by atoms with Crippen LogP contribution in [-0.4, -0.2) is 43.0 Å². The molecule has 108 valence electrons. The van der Waals surface area contributed by atoms with Gasteiger partial charge in [-0.1, -0.05) is 17.7 Å². The fraction of sp³-hybridized carbons (Fsp3) is 0.385. The van der Waals surface area contributed by atoms with Gasteiger partial charge in [-0.3, -0.25) is 4.79 Å². The van der Waals surface area contributed by atoms with Gasteiger partial charge in [0.25, 0.3) is 0 Å². The van der Waals surface area contributed by atoms with E-state index in [9.17, 15) is 14.0 Å². The molecule has 1 saturated heterocycles. The molecule has 5 nitrogen and oxygen atoms in total. The zero-order chi connectivity index (χ0) is 14.5. The zero-order valence-electron chi connectivity index (χ0n) is 10.8. The minimum Gasteiger partial charge on any atom is -0.353 e. The number of piperazine rings is 1. The quantitative estimate of drug-likeness (QED) is 0.880. The molecule has 3 amide bonds. The molecule has 1 fully saturated rings. The van der Waals surface area contributed by atoms with E-state index in [1.54, 1.807) is 6.07 Å². The summed E-state index contributed by atoms with van der Waals surface area (Å²) >= 11 is 5.90. The Hall–Kier alpha value is -1.82. The van der Waals surface area contributed by atoms with Gasteiger partial charge in [0, 0.05) is 30.2 Å². The minimum atomic E-state index is -0.385. The lowest BCUT2D eigenvalue weighted by atomic mass is 10.1. The SMILES string of the molecule is O=C1CN(C(=O)NCCc2c(F)cccc2Cl)CCN1. The minimum absolute atomic E-state index is 0.0479. The molecule has 0 radical (unpaired) electrons. The Morgan fingerprint density at radius 1 is 1.50 bits per heavy atom. The molecule has 2 rings (SSSR count). The number of halogens is 2. The Morgan fingerprint density at radius 2 is 2.30 bits per heavy atom. The fourth-order valence-electron chi connectivity index (χ4n) is 1.99. The van der Waals surface area contributed by atoms with E-state index in [1.165, 1.54) is 17.0 Å². The second-order valence-corrected chi connectivity index (χ2v) is 4.86. The summed E-state index contributed by atoms with van der Waals surface area (Å²) < 4.78 is 13.5. The van der Waals surface area contributed by atoms with Gasteiger partial charge < -0.3 is 15.5 Å². The number of amides is 3. The number of nitrogens with one attached hydrogen (secondary N) is 2. The first-order chi connectivity index (χ1) is 9.58. The molecule has 0 bridgehead atoms. The van der Waals surface area contributed by atoms with Gasteiger partial charge in [0.2, 0.25) is 5.91 Å². The Bertz CT molecular complexity index is 504. The zero-order valence-corrected chi connectivity index (χ0v) is 11.5. The van der Waals surface area contributed by atoms with E-state index in [0.29, 0.717) is 30.1 Å². The van der Waals surface area contributed by atoms with E-state index in [1.807, 2.05) is 0 Å². The van der Waals surface area contributed by atoms with E-state index in [2.05, 4.69) is 10.6 Å². The number of urea groups is 1. The fourth-order valence-corrected chi connectivity index (χ4v) is 2.25. The van der Waals surface area contributed by atoms with Crippen LogP contribution in [0, 0.1) is 5.82 Å². The molecule has 0 unspecified atom stereocenters. The largest absolute Gasteiger partial charge is 0.353 e. The maximum absolute atomic E-state index is 13.5. The van der Waals surface area contributed by atoms with E-state index < -0.39 is 0 Å². The molecule has 7 heteroatoms. The van der Waals surface area contributed by atoms with Crippen molar-refractivity contribution >= 4 is 23.5 Å². The average Bonchev–Trinajstić information content (AvgIpc) is 2.42. The molecule has 0 aromatic heterocycles. The molecule has 1 aromatic rings. The Labute approximate surface area is 121 Å². The van der Waals surface area contributed by atoms with Crippen molar-refractivity contribution in [2.75, 3.05) is 26.2 Å². The van der Waals surface area contributed by atoms with Crippen molar-refractivity contribution in [2.24, 2.45) is 0 Å². The highest BCUT2D eigenvalue weighted by Gasteiger charge is 2.20. The van der Waals surface area contributed by atoms with Crippen LogP contribution in [0.5, 0.6) is 0 Å². The van der Waals surface area contributed by atoms with Crippen LogP contribution >= 0.6 is 11.6 Å². The van der Waals surface area contributed by atoms with Crippen molar-refractivity contribution in [3.63, 3.8) is 0 Å². The first kappa shape index (κ1) is 14.6. The Morgan fingerprint density at radius 3 is 3.00 bits per heavy atom. The van der Waals surface area contributed by atoms with Gasteiger partial charge in [-0.25, -0.2) is 9.18 Å². The summed E-state index contributed by atoms with van der Waals surface area (Å²) in [7, 11) is 0. The second kappa shape index (κ2) is 6.56. The highest BCUT2D eigenvalue weighted by molar-refractivity contribution is 6.31. The van der Waals surface area contributed by atoms with Crippen molar-refractivity contribution in [2.45, 2.75) is 6.42 Å². The summed E-state index contributed by atoms with van der Waals surface area (Å²) in [5.74, 6) is -0.562. The Balaban J connectivity index is 1.83. The summed E-state index contributed by atoms with van der Waals surface area (Å²) in [6.07, 6.45) is 0.303. The molecule has 20 heavy (non-hydrogen) atoms. The number of hydrogen-bond donors (Lipinski definition) is 2. The number of benzene rings is 1. The molecule has 0 spiro atoms. The number of rotatable bonds is 3. The summed E-state index contributed by atoms with van der Waals surface area (Å²) in [5.41, 5.74) is 0.380. The first-order valence-corrected chi connectivity index (χ1v) is 6.68. The highest BCUT2D eigenvalue weighted by atomic mass is 35.5. The number of carbonyl (C=O) groups is 2. The third kappa shape index (κ3) is 3.60. The van der Waals surface area contributed by atoms with Gasteiger partial charge in [-0.15, -0.1) is 0 Å². The van der Waals surface area contributed by atoms with Crippen molar-refractivity contribution in [1.29, 1.82) is 0 Å². The first-order valence-electron chi connectivity index (χ1n) is 6.30. The third-order valence-electron chi connectivity index (χ3n) is 3.04. The third-order valence-corrected chi connectivity index (χ3v) is 3.39. The van der Waals surface area contributed by atoms with Crippen LogP contribution in [0.2, 0.25) is 5.02 Å². The van der Waals surface area contributed by atoms with Crippen LogP contribution < -0.4 is 10.6 Å². The van der Waals surface area contributed by atoms with Crippen molar-refractivity contribution in [3.8, 4) is 0 Å². The molecule has 0 aliphatic carbocycles. The van der Waals surface area contributed by atoms with Crippen LogP contribution in [0.25, 0.3) is 0 Å². The van der Waals surface area contributed by atoms with Gasteiger partial charge in [-0.05, 0) is 18.6 Å². The maximum Gasteiger partial charge on any atom is 0.317 e. The lowest BCUT2D eigenvalue weighted by molar-refractivity contribution is -0.123. The van der Waals surface area contributed by atoms with Crippen molar-refractivity contribution in [3.05, 3.63) is 34.6 Å². The van der Waals surface area contributed by atoms with Crippen LogP contribution in [0.3, 0.4) is 0 Å². The number of hydrogen-bond acceptors (Lipinski definition) is 2. The molecule has 1 aliphatic heterocycles. The molecular weight excluding hydrogens is 285 g/mol. The molecule has 1 aromatic carbocycles. The van der Waals surface area contributed by atoms with Crippen LogP contribution in [0.15, 0.2) is 18.2 Å². The van der Waals surface area contributed by atoms with Crippen LogP contribution in [0.4, 0.5) is 9.18 Å². The summed E-state index contributed by atoms with van der Waals surface area (Å²) in [6.45, 7) is 1.23. The highest BCUT2D eigenvalue weighted by Crippen LogP contribution is 2.18. The van der Waals surface area contributed by atoms with Gasteiger partial charge in [0.05, 0.1) is 0 Å². The smallest absolute Gasteiger partial charge is 0.317 e. The van der Waals surface area contributed by atoms with E-state index in [4.69, 9.17) is 11.6 Å². The lowest BCUT2D eigenvalue weighted by Crippen LogP contribution is -2.53. The summed E-state index contributed by atoms with van der Waals surface area (Å²) in [4.78, 5) is 24.4.